The molecule has 4 atom stereocenters. The van der Waals surface area contributed by atoms with Gasteiger partial charge in [-0.05, 0) is 54.5 Å². The van der Waals surface area contributed by atoms with Gasteiger partial charge in [0.15, 0.2) is 0 Å². The molecule has 132 valence electrons. The van der Waals surface area contributed by atoms with Gasteiger partial charge in [-0.15, -0.1) is 0 Å². The van der Waals surface area contributed by atoms with Gasteiger partial charge in [0.1, 0.15) is 0 Å². The van der Waals surface area contributed by atoms with Crippen LogP contribution in [-0.4, -0.2) is 27.3 Å². The topological polar surface area (TPSA) is 78.0 Å². The zero-order chi connectivity index (χ0) is 17.9. The third-order valence-corrected chi connectivity index (χ3v) is 6.06. The SMILES string of the molecule is O=C(N[C@H]1[C@@H]2C[C@](O)(c3cc(Cl)cc4[nH]ncc34)C[C@@H]21)c1ccccc1. The van der Waals surface area contributed by atoms with Crippen molar-refractivity contribution in [3.63, 3.8) is 0 Å². The number of nitrogens with one attached hydrogen (secondary N) is 2. The lowest BCUT2D eigenvalue weighted by atomic mass is 9.86. The van der Waals surface area contributed by atoms with Gasteiger partial charge in [-0.25, -0.2) is 0 Å². The van der Waals surface area contributed by atoms with Crippen molar-refractivity contribution in [1.29, 1.82) is 0 Å². The molecular weight excluding hydrogens is 350 g/mol. The second kappa shape index (κ2) is 5.56. The average Bonchev–Trinajstić information content (AvgIpc) is 3.01. The number of hydrogen-bond donors (Lipinski definition) is 3. The quantitative estimate of drug-likeness (QED) is 0.665. The molecule has 5 rings (SSSR count). The summed E-state index contributed by atoms with van der Waals surface area (Å²) in [4.78, 5) is 12.3. The molecule has 3 aromatic rings. The molecule has 26 heavy (non-hydrogen) atoms. The summed E-state index contributed by atoms with van der Waals surface area (Å²) in [7, 11) is 0. The summed E-state index contributed by atoms with van der Waals surface area (Å²) in [6, 6.07) is 13.0. The van der Waals surface area contributed by atoms with Crippen molar-refractivity contribution in [1.82, 2.24) is 15.5 Å². The Hall–Kier alpha value is -2.37. The minimum absolute atomic E-state index is 0.0477. The largest absolute Gasteiger partial charge is 0.385 e. The Balaban J connectivity index is 1.34. The number of carbonyl (C=O) groups is 1. The van der Waals surface area contributed by atoms with E-state index in [2.05, 4.69) is 15.5 Å². The molecule has 2 aliphatic rings. The summed E-state index contributed by atoms with van der Waals surface area (Å²) >= 11 is 6.22. The first-order valence-corrected chi connectivity index (χ1v) is 9.14. The van der Waals surface area contributed by atoms with Crippen molar-refractivity contribution in [2.24, 2.45) is 11.8 Å². The Labute approximate surface area is 155 Å². The third kappa shape index (κ3) is 2.42. The van der Waals surface area contributed by atoms with Crippen molar-refractivity contribution in [2.45, 2.75) is 24.5 Å². The summed E-state index contributed by atoms with van der Waals surface area (Å²) < 4.78 is 0. The van der Waals surface area contributed by atoms with E-state index in [1.165, 1.54) is 0 Å². The van der Waals surface area contributed by atoms with Crippen molar-refractivity contribution in [3.8, 4) is 0 Å². The van der Waals surface area contributed by atoms with Gasteiger partial charge in [-0.1, -0.05) is 29.8 Å². The first kappa shape index (κ1) is 15.9. The highest BCUT2D eigenvalue weighted by molar-refractivity contribution is 6.31. The van der Waals surface area contributed by atoms with E-state index in [9.17, 15) is 9.90 Å². The number of benzene rings is 2. The van der Waals surface area contributed by atoms with Crippen LogP contribution in [0.5, 0.6) is 0 Å². The molecule has 6 heteroatoms. The number of H-pyrrole nitrogens is 1. The third-order valence-electron chi connectivity index (χ3n) is 5.84. The van der Waals surface area contributed by atoms with E-state index in [0.717, 1.165) is 16.5 Å². The molecule has 5 nitrogen and oxygen atoms in total. The van der Waals surface area contributed by atoms with Crippen LogP contribution in [0.15, 0.2) is 48.7 Å². The van der Waals surface area contributed by atoms with Crippen LogP contribution in [0.4, 0.5) is 0 Å². The lowest BCUT2D eigenvalue weighted by molar-refractivity contribution is 0.0293. The minimum Gasteiger partial charge on any atom is -0.385 e. The fourth-order valence-electron chi connectivity index (χ4n) is 4.52. The minimum atomic E-state index is -0.920. The smallest absolute Gasteiger partial charge is 0.251 e. The van der Waals surface area contributed by atoms with Crippen LogP contribution in [0.1, 0.15) is 28.8 Å². The first-order chi connectivity index (χ1) is 12.5. The van der Waals surface area contributed by atoms with Crippen LogP contribution in [0.25, 0.3) is 10.9 Å². The number of nitrogens with zero attached hydrogens (tertiary/aromatic N) is 1. The second-order valence-corrected chi connectivity index (χ2v) is 7.85. The Morgan fingerprint density at radius 2 is 1.96 bits per heavy atom. The van der Waals surface area contributed by atoms with Crippen LogP contribution >= 0.6 is 11.6 Å². The maximum absolute atomic E-state index is 12.3. The van der Waals surface area contributed by atoms with E-state index in [1.807, 2.05) is 42.5 Å². The summed E-state index contributed by atoms with van der Waals surface area (Å²) in [6.45, 7) is 0. The van der Waals surface area contributed by atoms with Crippen molar-refractivity contribution in [2.75, 3.05) is 0 Å². The Morgan fingerprint density at radius 3 is 2.69 bits per heavy atom. The van der Waals surface area contributed by atoms with E-state index in [-0.39, 0.29) is 11.9 Å². The van der Waals surface area contributed by atoms with Gasteiger partial charge in [0.05, 0.1) is 17.3 Å². The molecule has 2 aromatic carbocycles. The molecule has 3 N–H and O–H groups in total. The summed E-state index contributed by atoms with van der Waals surface area (Å²) in [5, 5.41) is 22.8. The number of aromatic nitrogens is 2. The summed E-state index contributed by atoms with van der Waals surface area (Å²) in [5.41, 5.74) is 1.41. The van der Waals surface area contributed by atoms with Gasteiger partial charge >= 0.3 is 0 Å². The van der Waals surface area contributed by atoms with Crippen LogP contribution in [0.3, 0.4) is 0 Å². The first-order valence-electron chi connectivity index (χ1n) is 8.76. The normalized spacial score (nSPS) is 29.5. The molecule has 0 bridgehead atoms. The highest BCUT2D eigenvalue weighted by atomic mass is 35.5. The van der Waals surface area contributed by atoms with Crippen LogP contribution in [0.2, 0.25) is 5.02 Å². The number of aliphatic hydroxyl groups is 1. The number of aromatic amines is 1. The number of carbonyl (C=O) groups excluding carboxylic acids is 1. The maximum Gasteiger partial charge on any atom is 0.251 e. The zero-order valence-electron chi connectivity index (χ0n) is 13.9. The van der Waals surface area contributed by atoms with E-state index in [4.69, 9.17) is 11.6 Å². The molecule has 0 spiro atoms. The Bertz CT molecular complexity index is 989. The molecule has 1 aromatic heterocycles. The summed E-state index contributed by atoms with van der Waals surface area (Å²) in [5.74, 6) is 0.552. The highest BCUT2D eigenvalue weighted by Crippen LogP contribution is 2.60. The molecule has 2 fully saturated rings. The number of rotatable bonds is 3. The molecule has 0 radical (unpaired) electrons. The lowest BCUT2D eigenvalue weighted by Gasteiger charge is -2.27. The number of hydrogen-bond acceptors (Lipinski definition) is 3. The van der Waals surface area contributed by atoms with E-state index >= 15 is 0 Å². The second-order valence-electron chi connectivity index (χ2n) is 7.42. The number of halogens is 1. The molecule has 0 aliphatic heterocycles. The fraction of sp³-hybridized carbons (Fsp3) is 0.300. The molecule has 2 aliphatic carbocycles. The van der Waals surface area contributed by atoms with Crippen molar-refractivity contribution < 1.29 is 9.90 Å². The zero-order valence-corrected chi connectivity index (χ0v) is 14.7. The van der Waals surface area contributed by atoms with Gasteiger partial charge < -0.3 is 10.4 Å². The predicted molar refractivity (Wildman–Crippen MR) is 98.9 cm³/mol. The Kier molecular flexibility index (Phi) is 3.39. The van der Waals surface area contributed by atoms with E-state index in [0.29, 0.717) is 35.3 Å². The van der Waals surface area contributed by atoms with Crippen molar-refractivity contribution in [3.05, 3.63) is 64.8 Å². The monoisotopic (exact) mass is 367 g/mol. The highest BCUT2D eigenvalue weighted by Gasteiger charge is 2.62. The average molecular weight is 368 g/mol. The van der Waals surface area contributed by atoms with E-state index in [1.54, 1.807) is 6.20 Å². The molecule has 1 heterocycles. The van der Waals surface area contributed by atoms with Gasteiger partial charge in [0, 0.05) is 22.0 Å². The van der Waals surface area contributed by atoms with Gasteiger partial charge in [0.25, 0.3) is 5.91 Å². The maximum atomic E-state index is 12.3. The fourth-order valence-corrected chi connectivity index (χ4v) is 4.74. The molecule has 0 unspecified atom stereocenters. The lowest BCUT2D eigenvalue weighted by Crippen LogP contribution is -2.33. The Morgan fingerprint density at radius 1 is 1.23 bits per heavy atom. The van der Waals surface area contributed by atoms with Gasteiger partial charge in [0.2, 0.25) is 0 Å². The molecule has 0 saturated heterocycles. The molecular formula is C20H18ClN3O2. The number of fused-ring (bicyclic) bond motifs is 2. The van der Waals surface area contributed by atoms with Gasteiger partial charge in [-0.2, -0.15) is 5.10 Å². The van der Waals surface area contributed by atoms with Crippen LogP contribution in [0, 0.1) is 11.8 Å². The summed E-state index contributed by atoms with van der Waals surface area (Å²) in [6.07, 6.45) is 2.98. The standard InChI is InChI=1S/C20H18ClN3O2/c21-12-6-16(15-10-22-24-17(15)7-12)20(26)8-13-14(9-20)18(13)23-19(25)11-4-2-1-3-5-11/h1-7,10,13-14,18,26H,8-9H2,(H,22,24)(H,23,25)/t13-,14+,18+,20-. The van der Waals surface area contributed by atoms with Gasteiger partial charge in [-0.3, -0.25) is 9.89 Å². The van der Waals surface area contributed by atoms with Crippen LogP contribution < -0.4 is 5.32 Å². The molecule has 2 saturated carbocycles. The predicted octanol–water partition coefficient (Wildman–Crippen LogP) is 3.24. The number of amides is 1. The molecule has 1 amide bonds. The van der Waals surface area contributed by atoms with Crippen molar-refractivity contribution >= 4 is 28.4 Å². The van der Waals surface area contributed by atoms with E-state index < -0.39 is 5.60 Å². The van der Waals surface area contributed by atoms with Crippen LogP contribution in [-0.2, 0) is 5.60 Å².